The molecule has 0 amide bonds. The minimum Gasteiger partial charge on any atom is -0.412 e. The number of hydrogen-bond donors (Lipinski definition) is 0. The topological polar surface area (TPSA) is 65.6 Å². The average Bonchev–Trinajstić information content (AvgIpc) is 0.918. The molecule has 0 bridgehead atoms. The second kappa shape index (κ2) is 23.9. The Labute approximate surface area is 48.8 Å². The van der Waals surface area contributed by atoms with E-state index in [1.807, 2.05) is 0 Å². The summed E-state index contributed by atoms with van der Waals surface area (Å²) in [5, 5.41) is 0. The van der Waals surface area contributed by atoms with E-state index in [9.17, 15) is 0 Å². The van der Waals surface area contributed by atoms with Gasteiger partial charge in [-0.1, -0.05) is 0 Å². The van der Waals surface area contributed by atoms with Crippen LogP contribution in [0.3, 0.4) is 0 Å². The van der Waals surface area contributed by atoms with Gasteiger partial charge in [-0.25, -0.2) is 0 Å². The fourth-order valence-electron chi connectivity index (χ4n) is 0. The van der Waals surface area contributed by atoms with E-state index < -0.39 is 11.6 Å². The second-order valence-electron chi connectivity index (χ2n) is 0.0680. The maximum absolute atomic E-state index is 8.29. The normalized spacial score (nSPS) is 2.40. The number of hydrogen-bond acceptors (Lipinski definition) is 2. The number of rotatable bonds is 0. The first kappa shape index (κ1) is 17.7. The third-order valence-corrected chi connectivity index (χ3v) is 0. The van der Waals surface area contributed by atoms with E-state index in [0.29, 0.717) is 0 Å². The maximum atomic E-state index is 8.29. The Morgan fingerprint density at radius 1 is 1.20 bits per heavy atom. The van der Waals surface area contributed by atoms with E-state index >= 15 is 0 Å². The van der Waals surface area contributed by atoms with E-state index in [1.54, 1.807) is 0 Å². The zero-order valence-corrected chi connectivity index (χ0v) is 2.54. The molecular formula is H4MgO3S. The molecule has 0 saturated carbocycles. The van der Waals surface area contributed by atoms with Gasteiger partial charge in [-0.15, -0.1) is 0 Å². The summed E-state index contributed by atoms with van der Waals surface area (Å²) >= 11 is -0.750. The van der Waals surface area contributed by atoms with Crippen LogP contribution in [-0.4, -0.2) is 36.9 Å². The van der Waals surface area contributed by atoms with Crippen LogP contribution in [0.15, 0.2) is 0 Å². The molecule has 0 heterocycles. The van der Waals surface area contributed by atoms with Gasteiger partial charge in [-0.3, -0.25) is 0 Å². The minimum atomic E-state index is -0.750. The molecule has 0 aromatic rings. The Hall–Kier alpha value is 0.546. The van der Waals surface area contributed by atoms with Crippen molar-refractivity contribution in [1.29, 1.82) is 0 Å². The Morgan fingerprint density at radius 3 is 1.20 bits per heavy atom. The van der Waals surface area contributed by atoms with Crippen LogP contribution in [0, 0.1) is 0 Å². The quantitative estimate of drug-likeness (QED) is 0.324. The first-order chi connectivity index (χ1) is 1.41. The van der Waals surface area contributed by atoms with E-state index in [1.165, 1.54) is 0 Å². The van der Waals surface area contributed by atoms with Crippen LogP contribution < -0.4 is 0 Å². The van der Waals surface area contributed by atoms with Gasteiger partial charge >= 0.3 is 34.6 Å². The molecule has 0 aromatic carbocycles. The predicted molar refractivity (Wildman–Crippen MR) is 21.1 cm³/mol. The third kappa shape index (κ3) is 98.8. The Morgan fingerprint density at radius 2 is 1.20 bits per heavy atom. The highest BCUT2D eigenvalue weighted by Gasteiger charge is 1.12. The van der Waals surface area contributed by atoms with Gasteiger partial charge in [0.1, 0.15) is 0 Å². The van der Waals surface area contributed by atoms with E-state index in [2.05, 4.69) is 0 Å². The second-order valence-corrected chi connectivity index (χ2v) is 0.204. The molecule has 5 heteroatoms. The standard InChI is InChI=1S/Mg.O2S.H2O.2H/c;1-3-2;;;/h;;1H2;;. The minimum absolute atomic E-state index is 0. The van der Waals surface area contributed by atoms with Crippen LogP contribution in [-0.2, 0) is 11.6 Å². The Kier molecular flexibility index (Phi) is 84.6. The summed E-state index contributed by atoms with van der Waals surface area (Å²) in [6, 6.07) is 0. The van der Waals surface area contributed by atoms with Crippen molar-refractivity contribution in [3.8, 4) is 0 Å². The highest BCUT2D eigenvalue weighted by Crippen LogP contribution is 0.846. The smallest absolute Gasteiger partial charge is 0.335 e. The van der Waals surface area contributed by atoms with Gasteiger partial charge in [-0.05, 0) is 0 Å². The molecule has 3 nitrogen and oxygen atoms in total. The summed E-state index contributed by atoms with van der Waals surface area (Å²) in [5.74, 6) is 0. The molecule has 5 heavy (non-hydrogen) atoms. The van der Waals surface area contributed by atoms with Crippen LogP contribution >= 0.6 is 0 Å². The van der Waals surface area contributed by atoms with Crippen molar-refractivity contribution in [2.45, 2.75) is 0 Å². The predicted octanol–water partition coefficient (Wildman–Crippen LogP) is -2.41. The summed E-state index contributed by atoms with van der Waals surface area (Å²) in [6.45, 7) is 0. The van der Waals surface area contributed by atoms with Crippen LogP contribution in [0.4, 0.5) is 0 Å². The van der Waals surface area contributed by atoms with Crippen LogP contribution in [0.1, 0.15) is 0 Å². The molecule has 0 atom stereocenters. The van der Waals surface area contributed by atoms with Crippen LogP contribution in [0.25, 0.3) is 0 Å². The molecule has 0 aromatic heterocycles. The van der Waals surface area contributed by atoms with Crippen LogP contribution in [0.2, 0.25) is 0 Å². The van der Waals surface area contributed by atoms with Gasteiger partial charge in [0.05, 0.1) is 0 Å². The van der Waals surface area contributed by atoms with Gasteiger partial charge in [0, 0.05) is 0 Å². The zero-order chi connectivity index (χ0) is 2.71. The van der Waals surface area contributed by atoms with Gasteiger partial charge in [-0.2, -0.15) is 8.42 Å². The van der Waals surface area contributed by atoms with Crippen molar-refractivity contribution in [3.05, 3.63) is 0 Å². The van der Waals surface area contributed by atoms with Crippen molar-refractivity contribution < 1.29 is 13.9 Å². The maximum Gasteiger partial charge on any atom is 0.335 e. The monoisotopic (exact) mass is 108 g/mol. The van der Waals surface area contributed by atoms with Crippen LogP contribution in [0.5, 0.6) is 0 Å². The molecule has 0 aliphatic rings. The van der Waals surface area contributed by atoms with Crippen molar-refractivity contribution in [3.63, 3.8) is 0 Å². The first-order valence-electron chi connectivity index (χ1n) is 0.333. The van der Waals surface area contributed by atoms with Gasteiger partial charge < -0.3 is 5.48 Å². The van der Waals surface area contributed by atoms with Crippen molar-refractivity contribution in [1.82, 2.24) is 0 Å². The highest BCUT2D eigenvalue weighted by molar-refractivity contribution is 7.51. The lowest BCUT2D eigenvalue weighted by Gasteiger charge is -0.947. The molecule has 0 saturated heterocycles. The molecule has 0 fully saturated rings. The summed E-state index contributed by atoms with van der Waals surface area (Å²) in [5.41, 5.74) is 0. The summed E-state index contributed by atoms with van der Waals surface area (Å²) in [4.78, 5) is 0. The summed E-state index contributed by atoms with van der Waals surface area (Å²) in [7, 11) is 0. The fraction of sp³-hybridized carbons (Fsp3) is 0. The largest absolute Gasteiger partial charge is 0.412 e. The van der Waals surface area contributed by atoms with E-state index in [-0.39, 0.29) is 28.5 Å². The van der Waals surface area contributed by atoms with Crippen molar-refractivity contribution in [2.24, 2.45) is 0 Å². The lowest BCUT2D eigenvalue weighted by molar-refractivity contribution is 0.630. The third-order valence-electron chi connectivity index (χ3n) is 0. The van der Waals surface area contributed by atoms with E-state index in [0.717, 1.165) is 0 Å². The van der Waals surface area contributed by atoms with Crippen molar-refractivity contribution in [2.75, 3.05) is 0 Å². The molecule has 2 N–H and O–H groups in total. The summed E-state index contributed by atoms with van der Waals surface area (Å²) in [6.07, 6.45) is 0. The Bertz CT molecular complexity index is 27.9. The summed E-state index contributed by atoms with van der Waals surface area (Å²) < 4.78 is 16.6. The molecule has 0 radical (unpaired) electrons. The molecule has 0 unspecified atom stereocenters. The SMILES string of the molecule is O.O=S=O.[MgH2]. The lowest BCUT2D eigenvalue weighted by Crippen LogP contribution is -1.18. The molecule has 30 valence electrons. The molecule has 0 aliphatic heterocycles. The molecular weight excluding hydrogens is 104 g/mol. The highest BCUT2D eigenvalue weighted by atomic mass is 32.1. The van der Waals surface area contributed by atoms with Gasteiger partial charge in [0.25, 0.3) is 0 Å². The molecule has 0 rings (SSSR count). The lowest BCUT2D eigenvalue weighted by atomic mass is 15.9. The van der Waals surface area contributed by atoms with Gasteiger partial charge in [0.15, 0.2) is 0 Å². The first-order valence-corrected chi connectivity index (χ1v) is 1.00. The fourth-order valence-corrected chi connectivity index (χ4v) is 0. The van der Waals surface area contributed by atoms with E-state index in [4.69, 9.17) is 8.42 Å². The van der Waals surface area contributed by atoms with Crippen molar-refractivity contribution >= 4 is 34.6 Å². The Balaban J connectivity index is -0.0000000200. The average molecular weight is 108 g/mol. The zero-order valence-electron chi connectivity index (χ0n) is 1.72. The molecule has 0 spiro atoms. The van der Waals surface area contributed by atoms with Gasteiger partial charge in [0.2, 0.25) is 0 Å². The molecule has 0 aliphatic carbocycles.